The van der Waals surface area contributed by atoms with Crippen LogP contribution in [0.4, 0.5) is 0 Å². The second-order valence-electron chi connectivity index (χ2n) is 2.43. The molecule has 0 radical (unpaired) electrons. The molecule has 5 nitrogen and oxygen atoms in total. The predicted molar refractivity (Wildman–Crippen MR) is 43.9 cm³/mol. The Morgan fingerprint density at radius 1 is 1.85 bits per heavy atom. The molecule has 0 bridgehead atoms. The predicted octanol–water partition coefficient (Wildman–Crippen LogP) is 0.502. The minimum Gasteiger partial charge on any atom is -0.464 e. The molecule has 0 saturated carbocycles. The lowest BCUT2D eigenvalue weighted by atomic mass is 10.4. The van der Waals surface area contributed by atoms with Crippen molar-refractivity contribution in [3.63, 3.8) is 0 Å². The first-order valence-corrected chi connectivity index (χ1v) is 3.68. The number of carbonyl (C=O) groups excluding carboxylic acids is 1. The van der Waals surface area contributed by atoms with Crippen molar-refractivity contribution in [3.8, 4) is 6.07 Å². The highest BCUT2D eigenvalue weighted by molar-refractivity contribution is 5.87. The Labute approximate surface area is 75.6 Å². The molecule has 1 aromatic rings. The fraction of sp³-hybridized carbons (Fsp3) is 0.375. The van der Waals surface area contributed by atoms with Crippen LogP contribution in [0.1, 0.15) is 16.3 Å². The molecule has 13 heavy (non-hydrogen) atoms. The Kier molecular flexibility index (Phi) is 2.65. The first-order chi connectivity index (χ1) is 6.20. The van der Waals surface area contributed by atoms with E-state index in [0.717, 1.165) is 0 Å². The normalized spacial score (nSPS) is 9.31. The molecule has 0 atom stereocenters. The van der Waals surface area contributed by atoms with Gasteiger partial charge in [0, 0.05) is 0 Å². The quantitative estimate of drug-likeness (QED) is 0.620. The summed E-state index contributed by atoms with van der Waals surface area (Å²) in [5.74, 6) is 0.151. The van der Waals surface area contributed by atoms with Gasteiger partial charge in [-0.25, -0.2) is 9.78 Å². The standard InChI is InChI=1S/C8H9N3O2/c1-6-10-5-7(8(12)13-2)11(6)4-3-9/h5H,4H2,1-2H3. The van der Waals surface area contributed by atoms with Crippen LogP contribution in [-0.2, 0) is 11.3 Å². The summed E-state index contributed by atoms with van der Waals surface area (Å²) in [4.78, 5) is 15.0. The summed E-state index contributed by atoms with van der Waals surface area (Å²) in [6, 6.07) is 1.95. The van der Waals surface area contributed by atoms with Gasteiger partial charge in [-0.1, -0.05) is 0 Å². The zero-order valence-electron chi connectivity index (χ0n) is 7.44. The number of carbonyl (C=O) groups is 1. The van der Waals surface area contributed by atoms with Gasteiger partial charge >= 0.3 is 5.97 Å². The second kappa shape index (κ2) is 3.72. The molecule has 0 aliphatic heterocycles. The van der Waals surface area contributed by atoms with E-state index in [4.69, 9.17) is 5.26 Å². The summed E-state index contributed by atoms with van der Waals surface area (Å²) in [5.41, 5.74) is 0.307. The number of methoxy groups -OCH3 is 1. The number of hydrogen-bond acceptors (Lipinski definition) is 4. The Morgan fingerprint density at radius 3 is 3.08 bits per heavy atom. The fourth-order valence-corrected chi connectivity index (χ4v) is 1.01. The van der Waals surface area contributed by atoms with Crippen molar-refractivity contribution >= 4 is 5.97 Å². The van der Waals surface area contributed by atoms with Crippen molar-refractivity contribution in [2.75, 3.05) is 7.11 Å². The zero-order valence-corrected chi connectivity index (χ0v) is 7.44. The van der Waals surface area contributed by atoms with Crippen LogP contribution in [0.5, 0.6) is 0 Å². The van der Waals surface area contributed by atoms with Crippen molar-refractivity contribution in [2.24, 2.45) is 0 Å². The summed E-state index contributed by atoms with van der Waals surface area (Å²) in [7, 11) is 1.29. The maximum Gasteiger partial charge on any atom is 0.356 e. The van der Waals surface area contributed by atoms with Crippen LogP contribution < -0.4 is 0 Å². The van der Waals surface area contributed by atoms with Gasteiger partial charge in [-0.3, -0.25) is 0 Å². The molecule has 0 aromatic carbocycles. The fourth-order valence-electron chi connectivity index (χ4n) is 1.01. The summed E-state index contributed by atoms with van der Waals surface area (Å²) < 4.78 is 6.03. The van der Waals surface area contributed by atoms with Crippen molar-refractivity contribution in [2.45, 2.75) is 13.5 Å². The van der Waals surface area contributed by atoms with Crippen LogP contribution >= 0.6 is 0 Å². The lowest BCUT2D eigenvalue weighted by molar-refractivity contribution is 0.0589. The number of imidazole rings is 1. The largest absolute Gasteiger partial charge is 0.464 e. The topological polar surface area (TPSA) is 67.9 Å². The van der Waals surface area contributed by atoms with Crippen molar-refractivity contribution in [3.05, 3.63) is 17.7 Å². The summed E-state index contributed by atoms with van der Waals surface area (Å²) in [5, 5.41) is 8.49. The number of nitriles is 1. The molecular weight excluding hydrogens is 170 g/mol. The van der Waals surface area contributed by atoms with Gasteiger partial charge < -0.3 is 9.30 Å². The lowest BCUT2D eigenvalue weighted by Crippen LogP contribution is -2.11. The van der Waals surface area contributed by atoms with Crippen molar-refractivity contribution in [1.82, 2.24) is 9.55 Å². The van der Waals surface area contributed by atoms with Crippen LogP contribution in [0, 0.1) is 18.3 Å². The third-order valence-corrected chi connectivity index (χ3v) is 1.68. The van der Waals surface area contributed by atoms with Gasteiger partial charge in [-0.2, -0.15) is 5.26 Å². The highest BCUT2D eigenvalue weighted by Crippen LogP contribution is 2.05. The van der Waals surface area contributed by atoms with E-state index >= 15 is 0 Å². The molecule has 68 valence electrons. The number of nitrogens with zero attached hydrogens (tertiary/aromatic N) is 3. The lowest BCUT2D eigenvalue weighted by Gasteiger charge is -2.02. The maximum absolute atomic E-state index is 11.1. The Hall–Kier alpha value is -1.83. The molecule has 0 spiro atoms. The first-order valence-electron chi connectivity index (χ1n) is 3.68. The highest BCUT2D eigenvalue weighted by atomic mass is 16.5. The van der Waals surface area contributed by atoms with Crippen molar-refractivity contribution < 1.29 is 9.53 Å². The molecule has 5 heteroatoms. The van der Waals surface area contributed by atoms with Gasteiger partial charge in [0.2, 0.25) is 0 Å². The maximum atomic E-state index is 11.1. The van der Waals surface area contributed by atoms with E-state index in [1.165, 1.54) is 17.9 Å². The Bertz CT molecular complexity index is 362. The molecule has 0 amide bonds. The monoisotopic (exact) mass is 179 g/mol. The number of hydrogen-bond donors (Lipinski definition) is 0. The van der Waals surface area contributed by atoms with E-state index < -0.39 is 5.97 Å². The summed E-state index contributed by atoms with van der Waals surface area (Å²) in [6.45, 7) is 1.83. The first kappa shape index (κ1) is 9.26. The van der Waals surface area contributed by atoms with Gasteiger partial charge in [0.05, 0.1) is 19.4 Å². The third-order valence-electron chi connectivity index (χ3n) is 1.68. The van der Waals surface area contributed by atoms with Crippen LogP contribution in [0.3, 0.4) is 0 Å². The van der Waals surface area contributed by atoms with E-state index in [1.54, 1.807) is 6.92 Å². The second-order valence-corrected chi connectivity index (χ2v) is 2.43. The van der Waals surface area contributed by atoms with Crippen molar-refractivity contribution in [1.29, 1.82) is 5.26 Å². The smallest absolute Gasteiger partial charge is 0.356 e. The van der Waals surface area contributed by atoms with Crippen LogP contribution in [0.2, 0.25) is 0 Å². The molecule has 0 unspecified atom stereocenters. The van der Waals surface area contributed by atoms with E-state index in [-0.39, 0.29) is 6.54 Å². The molecule has 0 saturated heterocycles. The van der Waals surface area contributed by atoms with Gasteiger partial charge in [0.15, 0.2) is 0 Å². The number of rotatable bonds is 2. The molecule has 0 aliphatic carbocycles. The molecule has 1 rings (SSSR count). The number of esters is 1. The number of aromatic nitrogens is 2. The number of ether oxygens (including phenoxy) is 1. The molecule has 0 fully saturated rings. The minimum atomic E-state index is -0.476. The molecule has 0 aliphatic rings. The van der Waals surface area contributed by atoms with Gasteiger partial charge in [0.25, 0.3) is 0 Å². The molecule has 1 aromatic heterocycles. The van der Waals surface area contributed by atoms with Crippen LogP contribution in [-0.4, -0.2) is 22.6 Å². The molecule has 1 heterocycles. The van der Waals surface area contributed by atoms with Gasteiger partial charge in [0.1, 0.15) is 18.1 Å². The molecule has 0 N–H and O–H groups in total. The SMILES string of the molecule is COC(=O)c1cnc(C)n1CC#N. The average molecular weight is 179 g/mol. The van der Waals surface area contributed by atoms with E-state index in [0.29, 0.717) is 11.5 Å². The summed E-state index contributed by atoms with van der Waals surface area (Å²) in [6.07, 6.45) is 1.40. The van der Waals surface area contributed by atoms with Crippen LogP contribution in [0.25, 0.3) is 0 Å². The average Bonchev–Trinajstić information content (AvgIpc) is 2.48. The zero-order chi connectivity index (χ0) is 9.84. The third kappa shape index (κ3) is 1.67. The summed E-state index contributed by atoms with van der Waals surface area (Å²) >= 11 is 0. The Balaban J connectivity index is 3.08. The van der Waals surface area contributed by atoms with E-state index in [1.807, 2.05) is 6.07 Å². The van der Waals surface area contributed by atoms with Gasteiger partial charge in [-0.05, 0) is 6.92 Å². The Morgan fingerprint density at radius 2 is 2.54 bits per heavy atom. The minimum absolute atomic E-state index is 0.107. The highest BCUT2D eigenvalue weighted by Gasteiger charge is 2.13. The van der Waals surface area contributed by atoms with Gasteiger partial charge in [-0.15, -0.1) is 0 Å². The van der Waals surface area contributed by atoms with E-state index in [9.17, 15) is 4.79 Å². The van der Waals surface area contributed by atoms with Crippen LogP contribution in [0.15, 0.2) is 6.20 Å². The number of aryl methyl sites for hydroxylation is 1. The van der Waals surface area contributed by atoms with E-state index in [2.05, 4.69) is 9.72 Å². The molecular formula is C8H9N3O2.